The molecule has 0 aromatic heterocycles. The average Bonchev–Trinajstić information content (AvgIpc) is 2.39. The Kier molecular flexibility index (Phi) is 5.38. The highest BCUT2D eigenvalue weighted by molar-refractivity contribution is 5.41. The Balaban J connectivity index is 0.000000199. The number of hydrogen-bond acceptors (Lipinski definition) is 4. The van der Waals surface area contributed by atoms with E-state index in [-0.39, 0.29) is 5.75 Å². The molecule has 0 saturated heterocycles. The van der Waals surface area contributed by atoms with Gasteiger partial charge < -0.3 is 19.7 Å². The van der Waals surface area contributed by atoms with Crippen molar-refractivity contribution in [3.63, 3.8) is 0 Å². The van der Waals surface area contributed by atoms with Gasteiger partial charge in [0, 0.05) is 18.2 Å². The first-order chi connectivity index (χ1) is 8.65. The van der Waals surface area contributed by atoms with Crippen molar-refractivity contribution >= 4 is 0 Å². The average molecular weight is 248 g/mol. The maximum atomic E-state index is 9.10. The molecule has 2 rings (SSSR count). The summed E-state index contributed by atoms with van der Waals surface area (Å²) in [6, 6.07) is 13.4. The van der Waals surface area contributed by atoms with Gasteiger partial charge in [0.15, 0.2) is 0 Å². The van der Waals surface area contributed by atoms with E-state index in [0.717, 1.165) is 0 Å². The molecule has 2 aromatic carbocycles. The Bertz CT molecular complexity index is 446. The van der Waals surface area contributed by atoms with Gasteiger partial charge in [0.25, 0.3) is 0 Å². The molecule has 0 unspecified atom stereocenters. The molecule has 4 nitrogen and oxygen atoms in total. The molecule has 0 aliphatic carbocycles. The van der Waals surface area contributed by atoms with Gasteiger partial charge in [-0.3, -0.25) is 0 Å². The van der Waals surface area contributed by atoms with Crippen LogP contribution in [0.4, 0.5) is 0 Å². The first-order valence-corrected chi connectivity index (χ1v) is 5.31. The van der Waals surface area contributed by atoms with Gasteiger partial charge in [0.1, 0.15) is 23.0 Å². The van der Waals surface area contributed by atoms with E-state index < -0.39 is 0 Å². The number of phenols is 2. The highest BCUT2D eigenvalue weighted by atomic mass is 16.5. The molecule has 96 valence electrons. The summed E-state index contributed by atoms with van der Waals surface area (Å²) < 4.78 is 9.80. The van der Waals surface area contributed by atoms with Gasteiger partial charge in [-0.25, -0.2) is 0 Å². The summed E-state index contributed by atoms with van der Waals surface area (Å²) in [4.78, 5) is 0. The second-order valence-electron chi connectivity index (χ2n) is 3.41. The molecule has 0 aliphatic heterocycles. The van der Waals surface area contributed by atoms with E-state index in [0.29, 0.717) is 17.2 Å². The predicted octanol–water partition coefficient (Wildman–Crippen LogP) is 2.80. The molecule has 2 aromatic rings. The summed E-state index contributed by atoms with van der Waals surface area (Å²) in [5.41, 5.74) is 0. The smallest absolute Gasteiger partial charge is 0.126 e. The minimum atomic E-state index is 0.140. The Morgan fingerprint density at radius 1 is 0.722 bits per heavy atom. The summed E-state index contributed by atoms with van der Waals surface area (Å²) in [6.45, 7) is 0. The van der Waals surface area contributed by atoms with E-state index in [4.69, 9.17) is 19.7 Å². The van der Waals surface area contributed by atoms with Crippen LogP contribution in [0.3, 0.4) is 0 Å². The molecule has 18 heavy (non-hydrogen) atoms. The summed E-state index contributed by atoms with van der Waals surface area (Å²) >= 11 is 0. The first-order valence-electron chi connectivity index (χ1n) is 5.31. The monoisotopic (exact) mass is 248 g/mol. The molecule has 4 heteroatoms. The Morgan fingerprint density at radius 2 is 1.22 bits per heavy atom. The van der Waals surface area contributed by atoms with E-state index in [1.165, 1.54) is 26.4 Å². The third kappa shape index (κ3) is 4.65. The molecule has 0 bridgehead atoms. The minimum absolute atomic E-state index is 0.140. The number of hydrogen-bond donors (Lipinski definition) is 2. The SMILES string of the molecule is COc1cc(O)cc(OC)c1.Oc1ccccc1. The fourth-order valence-electron chi connectivity index (χ4n) is 1.22. The third-order valence-corrected chi connectivity index (χ3v) is 2.09. The van der Waals surface area contributed by atoms with Crippen molar-refractivity contribution in [3.05, 3.63) is 48.5 Å². The Labute approximate surface area is 106 Å². The van der Waals surface area contributed by atoms with Crippen molar-refractivity contribution in [2.75, 3.05) is 14.2 Å². The molecule has 0 atom stereocenters. The number of methoxy groups -OCH3 is 2. The topological polar surface area (TPSA) is 58.9 Å². The highest BCUT2D eigenvalue weighted by Gasteiger charge is 1.98. The normalized spacial score (nSPS) is 9.00. The molecule has 0 heterocycles. The number of aromatic hydroxyl groups is 2. The molecular weight excluding hydrogens is 232 g/mol. The summed E-state index contributed by atoms with van der Waals surface area (Å²) in [5, 5.41) is 17.7. The van der Waals surface area contributed by atoms with Crippen molar-refractivity contribution in [1.82, 2.24) is 0 Å². The van der Waals surface area contributed by atoms with E-state index in [1.54, 1.807) is 30.3 Å². The van der Waals surface area contributed by atoms with Crippen molar-refractivity contribution < 1.29 is 19.7 Å². The molecule has 0 saturated carbocycles. The molecule has 0 radical (unpaired) electrons. The zero-order valence-electron chi connectivity index (χ0n) is 10.3. The van der Waals surface area contributed by atoms with Crippen LogP contribution in [-0.4, -0.2) is 24.4 Å². The molecule has 0 aliphatic rings. The van der Waals surface area contributed by atoms with Crippen LogP contribution in [0.15, 0.2) is 48.5 Å². The van der Waals surface area contributed by atoms with E-state index in [1.807, 2.05) is 6.07 Å². The lowest BCUT2D eigenvalue weighted by molar-refractivity contribution is 0.385. The Morgan fingerprint density at radius 3 is 1.56 bits per heavy atom. The maximum Gasteiger partial charge on any atom is 0.126 e. The lowest BCUT2D eigenvalue weighted by atomic mass is 10.3. The van der Waals surface area contributed by atoms with Crippen molar-refractivity contribution in [2.45, 2.75) is 0 Å². The standard InChI is InChI=1S/C8H10O3.C6H6O/c1-10-7-3-6(9)4-8(5-7)11-2;7-6-4-2-1-3-5-6/h3-5,9H,1-2H3;1-5,7H. The van der Waals surface area contributed by atoms with Crippen LogP contribution in [-0.2, 0) is 0 Å². The van der Waals surface area contributed by atoms with Crippen molar-refractivity contribution in [2.24, 2.45) is 0 Å². The first kappa shape index (κ1) is 13.7. The van der Waals surface area contributed by atoms with Gasteiger partial charge in [-0.1, -0.05) is 18.2 Å². The van der Waals surface area contributed by atoms with Gasteiger partial charge in [0.05, 0.1) is 14.2 Å². The molecule has 0 fully saturated rings. The summed E-state index contributed by atoms with van der Waals surface area (Å²) in [6.07, 6.45) is 0. The molecule has 0 amide bonds. The number of para-hydroxylation sites is 1. The van der Waals surface area contributed by atoms with Crippen molar-refractivity contribution in [3.8, 4) is 23.0 Å². The second-order valence-corrected chi connectivity index (χ2v) is 3.41. The fourth-order valence-corrected chi connectivity index (χ4v) is 1.22. The van der Waals surface area contributed by atoms with Crippen LogP contribution >= 0.6 is 0 Å². The molecule has 2 N–H and O–H groups in total. The van der Waals surface area contributed by atoms with E-state index in [2.05, 4.69) is 0 Å². The summed E-state index contributed by atoms with van der Waals surface area (Å²) in [7, 11) is 3.07. The largest absolute Gasteiger partial charge is 0.508 e. The van der Waals surface area contributed by atoms with Gasteiger partial charge >= 0.3 is 0 Å². The van der Waals surface area contributed by atoms with Crippen LogP contribution in [0.2, 0.25) is 0 Å². The van der Waals surface area contributed by atoms with Crippen LogP contribution in [0, 0.1) is 0 Å². The lowest BCUT2D eigenvalue weighted by Crippen LogP contribution is -1.85. The van der Waals surface area contributed by atoms with Crippen molar-refractivity contribution in [1.29, 1.82) is 0 Å². The van der Waals surface area contributed by atoms with Crippen LogP contribution in [0.1, 0.15) is 0 Å². The lowest BCUT2D eigenvalue weighted by Gasteiger charge is -2.03. The number of ether oxygens (including phenoxy) is 2. The van der Waals surface area contributed by atoms with E-state index in [9.17, 15) is 0 Å². The highest BCUT2D eigenvalue weighted by Crippen LogP contribution is 2.25. The van der Waals surface area contributed by atoms with Crippen LogP contribution < -0.4 is 9.47 Å². The summed E-state index contributed by atoms with van der Waals surface area (Å²) in [5.74, 6) is 1.63. The van der Waals surface area contributed by atoms with Gasteiger partial charge in [0.2, 0.25) is 0 Å². The zero-order valence-corrected chi connectivity index (χ0v) is 10.3. The predicted molar refractivity (Wildman–Crippen MR) is 69.3 cm³/mol. The Hall–Kier alpha value is -2.36. The van der Waals surface area contributed by atoms with Crippen LogP contribution in [0.25, 0.3) is 0 Å². The zero-order chi connectivity index (χ0) is 13.4. The van der Waals surface area contributed by atoms with Gasteiger partial charge in [-0.15, -0.1) is 0 Å². The van der Waals surface area contributed by atoms with E-state index >= 15 is 0 Å². The van der Waals surface area contributed by atoms with Gasteiger partial charge in [-0.2, -0.15) is 0 Å². The quantitative estimate of drug-likeness (QED) is 0.858. The number of phenolic OH excluding ortho intramolecular Hbond substituents is 2. The molecule has 0 spiro atoms. The maximum absolute atomic E-state index is 9.10. The fraction of sp³-hybridized carbons (Fsp3) is 0.143. The molecular formula is C14H16O4. The second kappa shape index (κ2) is 7.06. The van der Waals surface area contributed by atoms with Crippen LogP contribution in [0.5, 0.6) is 23.0 Å². The minimum Gasteiger partial charge on any atom is -0.508 e. The van der Waals surface area contributed by atoms with Gasteiger partial charge in [-0.05, 0) is 12.1 Å². The number of rotatable bonds is 2. The third-order valence-electron chi connectivity index (χ3n) is 2.09. The number of benzene rings is 2.